The lowest BCUT2D eigenvalue weighted by molar-refractivity contribution is 0.415. The Morgan fingerprint density at radius 3 is 1.97 bits per heavy atom. The minimum atomic E-state index is -3.87. The number of sulfonamides is 1. The van der Waals surface area contributed by atoms with Gasteiger partial charge in [0.2, 0.25) is 0 Å². The second kappa shape index (κ2) is 10.1. The van der Waals surface area contributed by atoms with E-state index in [9.17, 15) is 8.42 Å². The Bertz CT molecular complexity index is 1530. The monoisotopic (exact) mass is 495 g/mol. The lowest BCUT2D eigenvalue weighted by Gasteiger charge is -2.25. The number of rotatable bonds is 8. The molecule has 36 heavy (non-hydrogen) atoms. The van der Waals surface area contributed by atoms with Crippen LogP contribution in [0.2, 0.25) is 0 Å². The second-order valence-electron chi connectivity index (χ2n) is 8.17. The molecule has 0 fully saturated rings. The molecule has 1 aromatic heterocycles. The zero-order valence-corrected chi connectivity index (χ0v) is 20.5. The predicted molar refractivity (Wildman–Crippen MR) is 142 cm³/mol. The highest BCUT2D eigenvalue weighted by Gasteiger charge is 2.27. The van der Waals surface area contributed by atoms with Crippen molar-refractivity contribution < 1.29 is 13.2 Å². The fourth-order valence-electron chi connectivity index (χ4n) is 4.02. The molecule has 0 aliphatic rings. The Morgan fingerprint density at radius 1 is 0.778 bits per heavy atom. The van der Waals surface area contributed by atoms with E-state index < -0.39 is 10.0 Å². The van der Waals surface area contributed by atoms with Crippen molar-refractivity contribution in [3.05, 3.63) is 127 Å². The first-order chi connectivity index (χ1) is 17.6. The van der Waals surface area contributed by atoms with Crippen molar-refractivity contribution in [3.8, 4) is 22.7 Å². The molecule has 7 heteroatoms. The van der Waals surface area contributed by atoms with E-state index in [0.29, 0.717) is 11.4 Å². The van der Waals surface area contributed by atoms with Gasteiger partial charge in [-0.25, -0.2) is 13.1 Å². The fourth-order valence-corrected chi connectivity index (χ4v) is 5.48. The Morgan fingerprint density at radius 2 is 1.36 bits per heavy atom. The van der Waals surface area contributed by atoms with Crippen LogP contribution in [0, 0.1) is 0 Å². The summed E-state index contributed by atoms with van der Waals surface area (Å²) >= 11 is 0. The minimum absolute atomic E-state index is 0.0978. The summed E-state index contributed by atoms with van der Waals surface area (Å²) < 4.78 is 36.3. The molecule has 1 heterocycles. The van der Waals surface area contributed by atoms with E-state index in [-0.39, 0.29) is 11.4 Å². The lowest BCUT2D eigenvalue weighted by atomic mass is 10.1. The van der Waals surface area contributed by atoms with Crippen LogP contribution in [-0.2, 0) is 16.6 Å². The highest BCUT2D eigenvalue weighted by molar-refractivity contribution is 7.92. The molecule has 0 saturated heterocycles. The summed E-state index contributed by atoms with van der Waals surface area (Å²) in [6.07, 6.45) is 1.90. The molecule has 0 bridgehead atoms. The number of anilines is 1. The van der Waals surface area contributed by atoms with Gasteiger partial charge in [0, 0.05) is 17.3 Å². The Labute approximate surface area is 211 Å². The Hall–Kier alpha value is -4.36. The smallest absolute Gasteiger partial charge is 0.264 e. The van der Waals surface area contributed by atoms with Gasteiger partial charge in [-0.2, -0.15) is 5.10 Å². The van der Waals surface area contributed by atoms with Crippen LogP contribution in [0.3, 0.4) is 0 Å². The summed E-state index contributed by atoms with van der Waals surface area (Å²) in [6.45, 7) is 0.0978. The van der Waals surface area contributed by atoms with E-state index in [4.69, 9.17) is 9.84 Å². The van der Waals surface area contributed by atoms with E-state index in [0.717, 1.165) is 22.5 Å². The van der Waals surface area contributed by atoms with Crippen molar-refractivity contribution in [2.75, 3.05) is 11.4 Å². The van der Waals surface area contributed by atoms with Gasteiger partial charge < -0.3 is 4.74 Å². The van der Waals surface area contributed by atoms with Crippen molar-refractivity contribution in [3.63, 3.8) is 0 Å². The van der Waals surface area contributed by atoms with E-state index in [1.54, 1.807) is 66.4 Å². The van der Waals surface area contributed by atoms with Gasteiger partial charge in [-0.05, 0) is 48.5 Å². The normalized spacial score (nSPS) is 11.2. The molecular formula is C29H25N3O3S. The summed E-state index contributed by atoms with van der Waals surface area (Å²) in [6, 6.07) is 35.1. The van der Waals surface area contributed by atoms with Crippen molar-refractivity contribution >= 4 is 15.7 Å². The highest BCUT2D eigenvalue weighted by atomic mass is 32.2. The van der Waals surface area contributed by atoms with Crippen LogP contribution >= 0.6 is 0 Å². The molecule has 0 aliphatic carbocycles. The SMILES string of the molecule is COc1ccc(N(Cc2cn(-c3ccccc3)nc2-c2ccccc2)S(=O)(=O)c2ccccc2)cc1. The van der Waals surface area contributed by atoms with Gasteiger partial charge in [-0.1, -0.05) is 66.7 Å². The summed E-state index contributed by atoms with van der Waals surface area (Å²) in [5.41, 5.74) is 3.84. The molecule has 0 aliphatic heterocycles. The maximum absolute atomic E-state index is 13.9. The maximum Gasteiger partial charge on any atom is 0.264 e. The molecule has 0 atom stereocenters. The molecule has 6 nitrogen and oxygen atoms in total. The van der Waals surface area contributed by atoms with Gasteiger partial charge in [-0.3, -0.25) is 4.31 Å². The number of hydrogen-bond donors (Lipinski definition) is 0. The average Bonchev–Trinajstić information content (AvgIpc) is 3.37. The van der Waals surface area contributed by atoms with Crippen molar-refractivity contribution in [1.82, 2.24) is 9.78 Å². The fraction of sp³-hybridized carbons (Fsp3) is 0.0690. The number of benzene rings is 4. The first-order valence-corrected chi connectivity index (χ1v) is 12.9. The van der Waals surface area contributed by atoms with Gasteiger partial charge in [0.05, 0.1) is 35.6 Å². The first-order valence-electron chi connectivity index (χ1n) is 11.5. The molecule has 5 aromatic rings. The highest BCUT2D eigenvalue weighted by Crippen LogP contribution is 2.31. The van der Waals surface area contributed by atoms with Crippen molar-refractivity contribution in [1.29, 1.82) is 0 Å². The summed E-state index contributed by atoms with van der Waals surface area (Å²) in [7, 11) is -2.29. The molecule has 0 saturated carbocycles. The second-order valence-corrected chi connectivity index (χ2v) is 10.0. The Balaban J connectivity index is 1.64. The average molecular weight is 496 g/mol. The van der Waals surface area contributed by atoms with Crippen LogP contribution in [0.15, 0.2) is 126 Å². The van der Waals surface area contributed by atoms with E-state index >= 15 is 0 Å². The minimum Gasteiger partial charge on any atom is -0.497 e. The third-order valence-electron chi connectivity index (χ3n) is 5.86. The van der Waals surface area contributed by atoms with E-state index in [2.05, 4.69) is 0 Å². The topological polar surface area (TPSA) is 64.4 Å². The molecular weight excluding hydrogens is 470 g/mol. The summed E-state index contributed by atoms with van der Waals surface area (Å²) in [5, 5.41) is 4.85. The zero-order chi connectivity index (χ0) is 25.0. The predicted octanol–water partition coefficient (Wildman–Crippen LogP) is 5.94. The van der Waals surface area contributed by atoms with Crippen LogP contribution in [-0.4, -0.2) is 25.3 Å². The van der Waals surface area contributed by atoms with Gasteiger partial charge in [-0.15, -0.1) is 0 Å². The molecule has 180 valence electrons. The van der Waals surface area contributed by atoms with Crippen molar-refractivity contribution in [2.45, 2.75) is 11.4 Å². The number of para-hydroxylation sites is 1. The quantitative estimate of drug-likeness (QED) is 0.267. The number of nitrogens with zero attached hydrogens (tertiary/aromatic N) is 3. The third kappa shape index (κ3) is 4.74. The first kappa shape index (κ1) is 23.4. The third-order valence-corrected chi connectivity index (χ3v) is 7.65. The standard InChI is InChI=1S/C29H25N3O3S/c1-35-27-19-17-26(18-20-27)32(36(33,34)28-15-9-4-10-16-28)22-24-21-31(25-13-7-3-8-14-25)30-29(24)23-11-5-2-6-12-23/h2-21H,22H2,1H3. The molecule has 4 aromatic carbocycles. The van der Waals surface area contributed by atoms with Crippen LogP contribution in [0.5, 0.6) is 5.75 Å². The van der Waals surface area contributed by atoms with Crippen LogP contribution in [0.25, 0.3) is 16.9 Å². The Kier molecular flexibility index (Phi) is 6.56. The number of aromatic nitrogens is 2. The molecule has 5 rings (SSSR count). The van der Waals surface area contributed by atoms with Crippen LogP contribution in [0.4, 0.5) is 5.69 Å². The summed E-state index contributed by atoms with van der Waals surface area (Å²) in [5.74, 6) is 0.651. The lowest BCUT2D eigenvalue weighted by Crippen LogP contribution is -2.30. The van der Waals surface area contributed by atoms with E-state index in [1.807, 2.05) is 66.9 Å². The van der Waals surface area contributed by atoms with Gasteiger partial charge in [0.25, 0.3) is 10.0 Å². The molecule has 0 spiro atoms. The molecule has 0 unspecified atom stereocenters. The molecule has 0 N–H and O–H groups in total. The van der Waals surface area contributed by atoms with Crippen LogP contribution in [0.1, 0.15) is 5.56 Å². The number of ether oxygens (including phenoxy) is 1. The van der Waals surface area contributed by atoms with Crippen molar-refractivity contribution in [2.24, 2.45) is 0 Å². The molecule has 0 amide bonds. The number of methoxy groups -OCH3 is 1. The zero-order valence-electron chi connectivity index (χ0n) is 19.7. The molecule has 0 radical (unpaired) electrons. The van der Waals surface area contributed by atoms with Crippen LogP contribution < -0.4 is 9.04 Å². The largest absolute Gasteiger partial charge is 0.497 e. The van der Waals surface area contributed by atoms with Gasteiger partial charge in [0.15, 0.2) is 0 Å². The van der Waals surface area contributed by atoms with E-state index in [1.165, 1.54) is 4.31 Å². The summed E-state index contributed by atoms with van der Waals surface area (Å²) in [4.78, 5) is 0.220. The van der Waals surface area contributed by atoms with Gasteiger partial charge >= 0.3 is 0 Å². The number of hydrogen-bond acceptors (Lipinski definition) is 4. The maximum atomic E-state index is 13.9. The van der Waals surface area contributed by atoms with Gasteiger partial charge in [0.1, 0.15) is 5.75 Å².